The van der Waals surface area contributed by atoms with Gasteiger partial charge in [0.25, 0.3) is 0 Å². The van der Waals surface area contributed by atoms with Crippen LogP contribution < -0.4 is 16.2 Å². The zero-order chi connectivity index (χ0) is 21.4. The first-order chi connectivity index (χ1) is 13.6. The van der Waals surface area contributed by atoms with Crippen molar-refractivity contribution in [1.82, 2.24) is 16.2 Å². The second-order valence-corrected chi connectivity index (χ2v) is 8.52. The van der Waals surface area contributed by atoms with Gasteiger partial charge in [-0.3, -0.25) is 4.79 Å². The van der Waals surface area contributed by atoms with E-state index >= 15 is 0 Å². The highest BCUT2D eigenvalue weighted by Crippen LogP contribution is 2.36. The second-order valence-electron chi connectivity index (χ2n) is 8.52. The summed E-state index contributed by atoms with van der Waals surface area (Å²) in [5.41, 5.74) is 4.97. The molecule has 29 heavy (non-hydrogen) atoms. The third kappa shape index (κ3) is 8.01. The van der Waals surface area contributed by atoms with Gasteiger partial charge in [-0.15, -0.1) is 0 Å². The van der Waals surface area contributed by atoms with Crippen LogP contribution in [0, 0.1) is 17.8 Å². The fourth-order valence-electron chi connectivity index (χ4n) is 3.67. The van der Waals surface area contributed by atoms with Gasteiger partial charge in [-0.05, 0) is 63.9 Å². The van der Waals surface area contributed by atoms with Crippen LogP contribution in [-0.2, 0) is 16.0 Å². The van der Waals surface area contributed by atoms with Crippen molar-refractivity contribution >= 4 is 18.1 Å². The molecular formula is C21H31N3O5. The molecular weight excluding hydrogens is 374 g/mol. The smallest absolute Gasteiger partial charge is 0.426 e. The van der Waals surface area contributed by atoms with Crippen molar-refractivity contribution in [2.45, 2.75) is 52.1 Å². The first kappa shape index (κ1) is 22.5. The van der Waals surface area contributed by atoms with Crippen LogP contribution in [0.3, 0.4) is 0 Å². The average molecular weight is 405 g/mol. The Hall–Kier alpha value is -2.77. The third-order valence-electron chi connectivity index (χ3n) is 5.03. The summed E-state index contributed by atoms with van der Waals surface area (Å²) in [5.74, 6) is -0.777. The number of benzene rings is 1. The molecule has 1 fully saturated rings. The molecule has 1 saturated carbocycles. The summed E-state index contributed by atoms with van der Waals surface area (Å²) in [6.45, 7) is 5.60. The van der Waals surface area contributed by atoms with Gasteiger partial charge in [-0.25, -0.2) is 20.4 Å². The van der Waals surface area contributed by atoms with Crippen LogP contribution in [0.25, 0.3) is 0 Å². The zero-order valence-corrected chi connectivity index (χ0v) is 17.2. The van der Waals surface area contributed by atoms with Crippen LogP contribution in [0.5, 0.6) is 0 Å². The van der Waals surface area contributed by atoms with E-state index in [4.69, 9.17) is 4.74 Å². The number of rotatable bonds is 5. The molecule has 3 atom stereocenters. The van der Waals surface area contributed by atoms with Crippen LogP contribution in [0.2, 0.25) is 0 Å². The van der Waals surface area contributed by atoms with Crippen LogP contribution >= 0.6 is 0 Å². The predicted molar refractivity (Wildman–Crippen MR) is 108 cm³/mol. The average Bonchev–Trinajstić information content (AvgIpc) is 2.64. The van der Waals surface area contributed by atoms with Crippen molar-refractivity contribution in [3.8, 4) is 0 Å². The largest absolute Gasteiger partial charge is 0.481 e. The maximum Gasteiger partial charge on any atom is 0.426 e. The number of urea groups is 1. The summed E-state index contributed by atoms with van der Waals surface area (Å²) in [6.07, 6.45) is 1.96. The van der Waals surface area contributed by atoms with Gasteiger partial charge in [-0.2, -0.15) is 0 Å². The molecule has 1 aromatic carbocycles. The fraction of sp³-hybridized carbons (Fsp3) is 0.571. The number of hydrogen-bond acceptors (Lipinski definition) is 4. The van der Waals surface area contributed by atoms with E-state index in [0.29, 0.717) is 19.4 Å². The molecule has 1 aliphatic rings. The highest BCUT2D eigenvalue weighted by Gasteiger charge is 2.34. The van der Waals surface area contributed by atoms with Crippen LogP contribution in [0.1, 0.15) is 45.6 Å². The number of aliphatic carboxylic acids is 1. The first-order valence-corrected chi connectivity index (χ1v) is 9.93. The number of carboxylic acid groups (broad SMARTS) is 1. The molecule has 0 heterocycles. The van der Waals surface area contributed by atoms with Gasteiger partial charge in [-0.1, -0.05) is 30.3 Å². The van der Waals surface area contributed by atoms with Crippen LogP contribution in [0.15, 0.2) is 30.3 Å². The number of nitrogens with one attached hydrogen (secondary N) is 3. The molecule has 0 radical (unpaired) electrons. The Balaban J connectivity index is 1.86. The minimum absolute atomic E-state index is 0.159. The van der Waals surface area contributed by atoms with Gasteiger partial charge >= 0.3 is 18.1 Å². The second kappa shape index (κ2) is 10.1. The normalized spacial score (nSPS) is 21.7. The molecule has 8 heteroatoms. The number of carbonyl (C=O) groups is 3. The Morgan fingerprint density at radius 1 is 1.07 bits per heavy atom. The Morgan fingerprint density at radius 2 is 1.76 bits per heavy atom. The van der Waals surface area contributed by atoms with Gasteiger partial charge in [0.1, 0.15) is 5.60 Å². The standard InChI is InChI=1S/C21H31N3O5/c1-21(2,3)29-20(28)24-23-19(27)22-13-16-10-9-15(18(25)26)12-17(16)11-14-7-5-4-6-8-14/h4-8,15-17H,9-13H2,1-3H3,(H,24,28)(H,25,26)(H2,22,23,27). The van der Waals surface area contributed by atoms with Gasteiger partial charge in [0.15, 0.2) is 0 Å². The maximum atomic E-state index is 12.0. The molecule has 3 unspecified atom stereocenters. The molecule has 3 amide bonds. The lowest BCUT2D eigenvalue weighted by Gasteiger charge is -2.35. The van der Waals surface area contributed by atoms with Gasteiger partial charge in [0.05, 0.1) is 5.92 Å². The van der Waals surface area contributed by atoms with E-state index in [0.717, 1.165) is 18.4 Å². The molecule has 1 aromatic rings. The highest BCUT2D eigenvalue weighted by molar-refractivity contribution is 5.77. The number of hydrazine groups is 1. The van der Waals surface area contributed by atoms with Crippen molar-refractivity contribution in [1.29, 1.82) is 0 Å². The molecule has 2 rings (SSSR count). The molecule has 0 bridgehead atoms. The number of hydrogen-bond donors (Lipinski definition) is 4. The van der Waals surface area contributed by atoms with E-state index in [1.807, 2.05) is 30.3 Å². The van der Waals surface area contributed by atoms with Crippen LogP contribution in [-0.4, -0.2) is 35.3 Å². The number of carbonyl (C=O) groups excluding carboxylic acids is 2. The number of ether oxygens (including phenoxy) is 1. The van der Waals surface area contributed by atoms with E-state index < -0.39 is 23.7 Å². The van der Waals surface area contributed by atoms with Crippen molar-refractivity contribution in [3.63, 3.8) is 0 Å². The lowest BCUT2D eigenvalue weighted by atomic mass is 9.71. The SMILES string of the molecule is CC(C)(C)OC(=O)NNC(=O)NCC1CCC(C(=O)O)CC1Cc1ccccc1. The molecule has 4 N–H and O–H groups in total. The molecule has 160 valence electrons. The van der Waals surface area contributed by atoms with Gasteiger partial charge in [0, 0.05) is 6.54 Å². The molecule has 0 aliphatic heterocycles. The summed E-state index contributed by atoms with van der Waals surface area (Å²) < 4.78 is 5.05. The molecule has 0 saturated heterocycles. The Kier molecular flexibility index (Phi) is 7.87. The summed E-state index contributed by atoms with van der Waals surface area (Å²) in [4.78, 5) is 35.0. The third-order valence-corrected chi connectivity index (χ3v) is 5.03. The Morgan fingerprint density at radius 3 is 2.38 bits per heavy atom. The first-order valence-electron chi connectivity index (χ1n) is 9.93. The zero-order valence-electron chi connectivity index (χ0n) is 17.2. The minimum Gasteiger partial charge on any atom is -0.481 e. The fourth-order valence-corrected chi connectivity index (χ4v) is 3.67. The van der Waals surface area contributed by atoms with Crippen molar-refractivity contribution in [3.05, 3.63) is 35.9 Å². The van der Waals surface area contributed by atoms with Crippen molar-refractivity contribution in [2.24, 2.45) is 17.8 Å². The Bertz CT molecular complexity index is 702. The van der Waals surface area contributed by atoms with Crippen molar-refractivity contribution < 1.29 is 24.2 Å². The quantitative estimate of drug-likeness (QED) is 0.562. The van der Waals surface area contributed by atoms with E-state index in [9.17, 15) is 19.5 Å². The summed E-state index contributed by atoms with van der Waals surface area (Å²) in [7, 11) is 0. The van der Waals surface area contributed by atoms with E-state index in [2.05, 4.69) is 16.2 Å². The summed E-state index contributed by atoms with van der Waals surface area (Å²) >= 11 is 0. The molecule has 0 aromatic heterocycles. The lowest BCUT2D eigenvalue weighted by Crippen LogP contribution is -2.50. The highest BCUT2D eigenvalue weighted by atomic mass is 16.6. The molecule has 0 spiro atoms. The number of carboxylic acids is 1. The number of amides is 3. The summed E-state index contributed by atoms with van der Waals surface area (Å²) in [6, 6.07) is 9.42. The Labute approximate surface area is 171 Å². The van der Waals surface area contributed by atoms with E-state index in [1.165, 1.54) is 0 Å². The monoisotopic (exact) mass is 405 g/mol. The van der Waals surface area contributed by atoms with Crippen LogP contribution in [0.4, 0.5) is 9.59 Å². The predicted octanol–water partition coefficient (Wildman–Crippen LogP) is 3.09. The molecule has 1 aliphatic carbocycles. The summed E-state index contributed by atoms with van der Waals surface area (Å²) in [5, 5.41) is 12.2. The van der Waals surface area contributed by atoms with E-state index in [1.54, 1.807) is 20.8 Å². The maximum absolute atomic E-state index is 12.0. The lowest BCUT2D eigenvalue weighted by molar-refractivity contribution is -0.143. The van der Waals surface area contributed by atoms with Gasteiger partial charge in [0.2, 0.25) is 0 Å². The molecule has 8 nitrogen and oxygen atoms in total. The van der Waals surface area contributed by atoms with Crippen molar-refractivity contribution in [2.75, 3.05) is 6.54 Å². The van der Waals surface area contributed by atoms with Gasteiger partial charge < -0.3 is 15.2 Å². The topological polar surface area (TPSA) is 117 Å². The van der Waals surface area contributed by atoms with E-state index in [-0.39, 0.29) is 17.8 Å². The minimum atomic E-state index is -0.756.